The highest BCUT2D eigenvalue weighted by Gasteiger charge is 2.37. The summed E-state index contributed by atoms with van der Waals surface area (Å²) in [6.07, 6.45) is -10.4. The quantitative estimate of drug-likeness (QED) is 0.505. The Kier molecular flexibility index (Phi) is 6.01. The number of benzene rings is 1. The van der Waals surface area contributed by atoms with Gasteiger partial charge in [0.1, 0.15) is 12.3 Å². The maximum absolute atomic E-state index is 13.0. The zero-order chi connectivity index (χ0) is 23.0. The molecule has 0 atom stereocenters. The van der Waals surface area contributed by atoms with Gasteiger partial charge in [0.05, 0.1) is 23.4 Å². The van der Waals surface area contributed by atoms with E-state index in [-0.39, 0.29) is 30.6 Å². The first-order valence-electron chi connectivity index (χ1n) is 9.12. The molecule has 2 aromatic rings. The largest absolute Gasteiger partial charge is 0.445 e. The van der Waals surface area contributed by atoms with E-state index in [0.717, 1.165) is 0 Å². The fourth-order valence-electron chi connectivity index (χ4n) is 3.13. The Morgan fingerprint density at radius 1 is 1.00 bits per heavy atom. The van der Waals surface area contributed by atoms with Gasteiger partial charge in [-0.1, -0.05) is 0 Å². The van der Waals surface area contributed by atoms with Crippen molar-refractivity contribution in [1.82, 2.24) is 14.7 Å². The molecule has 0 aliphatic carbocycles. The molecular weight excluding hydrogens is 432 g/mol. The number of amides is 1. The van der Waals surface area contributed by atoms with Crippen LogP contribution >= 0.6 is 0 Å². The number of nitrogens with zero attached hydrogens (tertiary/aromatic N) is 3. The summed E-state index contributed by atoms with van der Waals surface area (Å²) in [5.41, 5.74) is -2.60. The summed E-state index contributed by atoms with van der Waals surface area (Å²) in [6.45, 7) is 1.30. The molecule has 0 fully saturated rings. The topological polar surface area (TPSA) is 64.4 Å². The number of ketones is 1. The van der Waals surface area contributed by atoms with E-state index in [1.165, 1.54) is 17.9 Å². The zero-order valence-corrected chi connectivity index (χ0v) is 16.2. The highest BCUT2D eigenvalue weighted by atomic mass is 19.4. The molecule has 12 heteroatoms. The van der Waals surface area contributed by atoms with Gasteiger partial charge in [0, 0.05) is 20.0 Å². The van der Waals surface area contributed by atoms with Crippen LogP contribution in [-0.4, -0.2) is 33.1 Å². The first kappa shape index (κ1) is 22.6. The van der Waals surface area contributed by atoms with Gasteiger partial charge in [0.2, 0.25) is 0 Å². The van der Waals surface area contributed by atoms with E-state index >= 15 is 0 Å². The van der Waals surface area contributed by atoms with Gasteiger partial charge in [-0.05, 0) is 36.2 Å². The molecule has 0 saturated heterocycles. The number of rotatable bonds is 3. The molecule has 0 spiro atoms. The average molecular weight is 449 g/mol. The van der Waals surface area contributed by atoms with Crippen LogP contribution in [0.2, 0.25) is 0 Å². The Labute approximate surface area is 172 Å². The molecule has 0 N–H and O–H groups in total. The Morgan fingerprint density at radius 3 is 2.16 bits per heavy atom. The lowest BCUT2D eigenvalue weighted by Gasteiger charge is -2.20. The third kappa shape index (κ3) is 5.36. The lowest BCUT2D eigenvalue weighted by Crippen LogP contribution is -2.31. The van der Waals surface area contributed by atoms with Crippen LogP contribution in [0, 0.1) is 0 Å². The minimum Gasteiger partial charge on any atom is -0.445 e. The monoisotopic (exact) mass is 449 g/mol. The molecule has 1 aliphatic heterocycles. The van der Waals surface area contributed by atoms with Crippen LogP contribution in [-0.2, 0) is 36.8 Å². The third-order valence-electron chi connectivity index (χ3n) is 4.64. The molecule has 3 rings (SSSR count). The van der Waals surface area contributed by atoms with E-state index in [2.05, 4.69) is 5.10 Å². The molecule has 1 amide bonds. The van der Waals surface area contributed by atoms with Crippen molar-refractivity contribution in [2.75, 3.05) is 6.54 Å². The molecule has 6 nitrogen and oxygen atoms in total. The van der Waals surface area contributed by atoms with Gasteiger partial charge in [-0.2, -0.15) is 31.4 Å². The maximum atomic E-state index is 13.0. The molecule has 1 aromatic carbocycles. The number of fused-ring (bicyclic) bond motifs is 1. The summed E-state index contributed by atoms with van der Waals surface area (Å²) < 4.78 is 84.3. The van der Waals surface area contributed by atoms with E-state index in [0.29, 0.717) is 30.8 Å². The van der Waals surface area contributed by atoms with Gasteiger partial charge in [-0.25, -0.2) is 4.79 Å². The van der Waals surface area contributed by atoms with Gasteiger partial charge >= 0.3 is 18.4 Å². The summed E-state index contributed by atoms with van der Waals surface area (Å²) in [4.78, 5) is 25.1. The number of aromatic nitrogens is 2. The van der Waals surface area contributed by atoms with E-state index in [1.54, 1.807) is 4.68 Å². The second kappa shape index (κ2) is 8.23. The van der Waals surface area contributed by atoms with Crippen molar-refractivity contribution in [3.05, 3.63) is 52.3 Å². The fraction of sp³-hybridized carbons (Fsp3) is 0.421. The van der Waals surface area contributed by atoms with Gasteiger partial charge in [0.25, 0.3) is 0 Å². The fourth-order valence-corrected chi connectivity index (χ4v) is 3.13. The number of aryl methyl sites for hydroxylation is 1. The summed E-state index contributed by atoms with van der Waals surface area (Å²) in [5, 5.41) is 4.14. The molecule has 31 heavy (non-hydrogen) atoms. The molecule has 1 aliphatic rings. The number of carbonyl (C=O) groups is 2. The number of alkyl halides is 6. The van der Waals surface area contributed by atoms with Crippen LogP contribution in [0.5, 0.6) is 0 Å². The lowest BCUT2D eigenvalue weighted by molar-refractivity contribution is -0.143. The van der Waals surface area contributed by atoms with Crippen molar-refractivity contribution in [3.63, 3.8) is 0 Å². The van der Waals surface area contributed by atoms with Crippen molar-refractivity contribution in [2.24, 2.45) is 0 Å². The second-order valence-electron chi connectivity index (χ2n) is 7.04. The number of Topliss-reactive ketones (excluding diaryl/α,β-unsaturated/α-hetero) is 1. The molecule has 0 radical (unpaired) electrons. The van der Waals surface area contributed by atoms with Crippen molar-refractivity contribution in [2.45, 2.75) is 45.4 Å². The van der Waals surface area contributed by atoms with Gasteiger partial charge in [0.15, 0.2) is 5.78 Å². The maximum Gasteiger partial charge on any atom is 0.416 e. The zero-order valence-electron chi connectivity index (χ0n) is 16.2. The van der Waals surface area contributed by atoms with Crippen LogP contribution < -0.4 is 0 Å². The summed E-state index contributed by atoms with van der Waals surface area (Å²) in [5.74, 6) is -0.250. The predicted molar refractivity (Wildman–Crippen MR) is 93.9 cm³/mol. The minimum atomic E-state index is -4.99. The number of halogens is 6. The molecular formula is C19H17F6N3O3. The van der Waals surface area contributed by atoms with Crippen LogP contribution in [0.25, 0.3) is 0 Å². The number of hydrogen-bond acceptors (Lipinski definition) is 4. The van der Waals surface area contributed by atoms with Crippen molar-refractivity contribution in [1.29, 1.82) is 0 Å². The summed E-state index contributed by atoms with van der Waals surface area (Å²) in [7, 11) is 0. The van der Waals surface area contributed by atoms with Crippen LogP contribution in [0.3, 0.4) is 0 Å². The normalized spacial score (nSPS) is 14.7. The Bertz CT molecular complexity index is 965. The first-order chi connectivity index (χ1) is 14.3. The van der Waals surface area contributed by atoms with E-state index in [1.807, 2.05) is 0 Å². The Balaban J connectivity index is 1.74. The number of ether oxygens (including phenoxy) is 1. The van der Waals surface area contributed by atoms with Crippen LogP contribution in [0.4, 0.5) is 31.1 Å². The molecule has 2 heterocycles. The van der Waals surface area contributed by atoms with Crippen LogP contribution in [0.1, 0.15) is 46.2 Å². The summed E-state index contributed by atoms with van der Waals surface area (Å²) >= 11 is 0. The summed E-state index contributed by atoms with van der Waals surface area (Å²) in [6, 6.07) is 2.56. The molecule has 0 bridgehead atoms. The van der Waals surface area contributed by atoms with E-state index < -0.39 is 41.7 Å². The van der Waals surface area contributed by atoms with Crippen LogP contribution in [0.15, 0.2) is 24.3 Å². The van der Waals surface area contributed by atoms with Gasteiger partial charge < -0.3 is 9.64 Å². The Morgan fingerprint density at radius 2 is 1.61 bits per heavy atom. The molecule has 0 unspecified atom stereocenters. The smallest absolute Gasteiger partial charge is 0.416 e. The van der Waals surface area contributed by atoms with Gasteiger partial charge in [-0.15, -0.1) is 0 Å². The lowest BCUT2D eigenvalue weighted by atomic mass is 10.1. The number of carbonyl (C=O) groups excluding carboxylic acids is 2. The highest BCUT2D eigenvalue weighted by molar-refractivity contribution is 5.92. The molecule has 0 saturated carbocycles. The van der Waals surface area contributed by atoms with Gasteiger partial charge in [-0.3, -0.25) is 9.48 Å². The van der Waals surface area contributed by atoms with Crippen molar-refractivity contribution >= 4 is 11.9 Å². The standard InChI is InChI=1S/C19H17F6N3O3/c1-11(29)16-8-15-9-27(3-2-4-28(15)26-16)17(30)31-10-12-5-13(18(20,21)22)7-14(6-12)19(23,24)25/h5-8H,2-4,9-10H2,1H3. The molecule has 1 aromatic heterocycles. The van der Waals surface area contributed by atoms with Crippen molar-refractivity contribution in [3.8, 4) is 0 Å². The predicted octanol–water partition coefficient (Wildman–Crippen LogP) is 4.67. The molecule has 168 valence electrons. The minimum absolute atomic E-state index is 0.00782. The van der Waals surface area contributed by atoms with Crippen molar-refractivity contribution < 1.29 is 40.7 Å². The third-order valence-corrected chi connectivity index (χ3v) is 4.64. The number of hydrogen-bond donors (Lipinski definition) is 0. The second-order valence-corrected chi connectivity index (χ2v) is 7.04. The first-order valence-corrected chi connectivity index (χ1v) is 9.12. The SMILES string of the molecule is CC(=O)c1cc2n(n1)CCCN(C(=O)OCc1cc(C(F)(F)F)cc(C(F)(F)F)c1)C2. The average Bonchev–Trinajstić information content (AvgIpc) is 2.96. The van der Waals surface area contributed by atoms with E-state index in [9.17, 15) is 35.9 Å². The van der Waals surface area contributed by atoms with E-state index in [4.69, 9.17) is 4.74 Å². The Hall–Kier alpha value is -3.05. The highest BCUT2D eigenvalue weighted by Crippen LogP contribution is 2.36.